The number of hydrogen-bond donors (Lipinski definition) is 2. The maximum absolute atomic E-state index is 12.4. The lowest BCUT2D eigenvalue weighted by Crippen LogP contribution is -2.45. The third-order valence-corrected chi connectivity index (χ3v) is 7.23. The van der Waals surface area contributed by atoms with Gasteiger partial charge in [-0.05, 0) is 44.4 Å². The van der Waals surface area contributed by atoms with Gasteiger partial charge in [0.2, 0.25) is 10.0 Å². The number of sulfonamides is 1. The number of morpholine rings is 1. The maximum Gasteiger partial charge on any atom is 0.216 e. The Morgan fingerprint density at radius 2 is 1.85 bits per heavy atom. The summed E-state index contributed by atoms with van der Waals surface area (Å²) < 4.78 is 31.5. The van der Waals surface area contributed by atoms with Gasteiger partial charge in [-0.15, -0.1) is 0 Å². The van der Waals surface area contributed by atoms with Crippen molar-refractivity contribution in [3.63, 3.8) is 0 Å². The van der Waals surface area contributed by atoms with E-state index in [1.807, 2.05) is 6.92 Å². The maximum atomic E-state index is 12.4. The third-order valence-electron chi connectivity index (χ3n) is 5.38. The van der Waals surface area contributed by atoms with Gasteiger partial charge in [-0.1, -0.05) is 13.8 Å². The first-order valence-corrected chi connectivity index (χ1v) is 11.6. The highest BCUT2D eigenvalue weighted by atomic mass is 32.2. The number of ether oxygens (including phenoxy) is 1. The molecule has 0 aromatic heterocycles. The Bertz CT molecular complexity index is 537. The van der Waals surface area contributed by atoms with Crippen LogP contribution in [0.25, 0.3) is 0 Å². The number of rotatable bonds is 7. The fraction of sp³-hybridized carbons (Fsp3) is 0.944. The molecule has 0 radical (unpaired) electrons. The van der Waals surface area contributed by atoms with E-state index >= 15 is 0 Å². The van der Waals surface area contributed by atoms with Crippen LogP contribution in [0, 0.1) is 11.8 Å². The van der Waals surface area contributed by atoms with E-state index in [0.717, 1.165) is 37.2 Å². The second kappa shape index (κ2) is 10.5. The van der Waals surface area contributed by atoms with Crippen molar-refractivity contribution in [1.29, 1.82) is 0 Å². The standard InChI is InChI=1S/C18H36N4O3S/c1-4-19-18(21-17-7-5-16(6-8-17)15(2)3)20-9-14-26(23,24)22-10-12-25-13-11-22/h15-17H,4-14H2,1-3H3,(H2,19,20,21). The van der Waals surface area contributed by atoms with Crippen molar-refractivity contribution in [2.75, 3.05) is 45.1 Å². The smallest absolute Gasteiger partial charge is 0.216 e. The molecule has 0 amide bonds. The van der Waals surface area contributed by atoms with Gasteiger partial charge in [-0.25, -0.2) is 8.42 Å². The largest absolute Gasteiger partial charge is 0.379 e. The zero-order valence-corrected chi connectivity index (χ0v) is 17.4. The summed E-state index contributed by atoms with van der Waals surface area (Å²) in [6.07, 6.45) is 4.80. The summed E-state index contributed by atoms with van der Waals surface area (Å²) in [4.78, 5) is 4.50. The van der Waals surface area contributed by atoms with Gasteiger partial charge in [0, 0.05) is 25.7 Å². The van der Waals surface area contributed by atoms with E-state index in [0.29, 0.717) is 32.3 Å². The van der Waals surface area contributed by atoms with Crippen LogP contribution in [0.3, 0.4) is 0 Å². The Kier molecular flexibility index (Phi) is 8.63. The molecule has 0 atom stereocenters. The highest BCUT2D eigenvalue weighted by molar-refractivity contribution is 7.89. The first-order chi connectivity index (χ1) is 12.4. The van der Waals surface area contributed by atoms with E-state index < -0.39 is 10.0 Å². The Morgan fingerprint density at radius 1 is 1.19 bits per heavy atom. The topological polar surface area (TPSA) is 83.0 Å². The molecule has 152 valence electrons. The average molecular weight is 389 g/mol. The number of hydrogen-bond acceptors (Lipinski definition) is 4. The van der Waals surface area contributed by atoms with Crippen molar-refractivity contribution in [3.8, 4) is 0 Å². The molecule has 0 bridgehead atoms. The van der Waals surface area contributed by atoms with Crippen molar-refractivity contribution in [1.82, 2.24) is 14.9 Å². The quantitative estimate of drug-likeness (QED) is 0.509. The van der Waals surface area contributed by atoms with Crippen LogP contribution in [0.2, 0.25) is 0 Å². The highest BCUT2D eigenvalue weighted by Crippen LogP contribution is 2.29. The average Bonchev–Trinajstić information content (AvgIpc) is 2.63. The van der Waals surface area contributed by atoms with E-state index in [-0.39, 0.29) is 12.3 Å². The molecule has 1 aliphatic carbocycles. The minimum Gasteiger partial charge on any atom is -0.379 e. The predicted octanol–water partition coefficient (Wildman–Crippen LogP) is 1.42. The first-order valence-electron chi connectivity index (χ1n) is 10.0. The Balaban J connectivity index is 1.82. The van der Waals surface area contributed by atoms with Gasteiger partial charge in [0.25, 0.3) is 0 Å². The van der Waals surface area contributed by atoms with Crippen molar-refractivity contribution in [2.24, 2.45) is 16.8 Å². The van der Waals surface area contributed by atoms with Crippen LogP contribution in [-0.2, 0) is 14.8 Å². The molecule has 0 unspecified atom stereocenters. The zero-order valence-electron chi connectivity index (χ0n) is 16.5. The number of guanidine groups is 1. The Labute approximate surface area is 159 Å². The molecule has 1 heterocycles. The molecule has 0 spiro atoms. The van der Waals surface area contributed by atoms with Crippen molar-refractivity contribution < 1.29 is 13.2 Å². The summed E-state index contributed by atoms with van der Waals surface area (Å²) in [5.74, 6) is 2.36. The fourth-order valence-corrected chi connectivity index (χ4v) is 4.96. The molecule has 2 N–H and O–H groups in total. The summed E-state index contributed by atoms with van der Waals surface area (Å²) >= 11 is 0. The number of nitrogens with zero attached hydrogens (tertiary/aromatic N) is 2. The van der Waals surface area contributed by atoms with E-state index in [2.05, 4.69) is 29.5 Å². The number of nitrogens with one attached hydrogen (secondary N) is 2. The molecule has 26 heavy (non-hydrogen) atoms. The summed E-state index contributed by atoms with van der Waals surface area (Å²) in [5, 5.41) is 6.73. The molecule has 2 fully saturated rings. The molecule has 7 nitrogen and oxygen atoms in total. The van der Waals surface area contributed by atoms with Crippen LogP contribution >= 0.6 is 0 Å². The van der Waals surface area contributed by atoms with Gasteiger partial charge in [-0.2, -0.15) is 4.31 Å². The first kappa shape index (κ1) is 21.4. The molecule has 1 aliphatic heterocycles. The molecule has 0 aromatic carbocycles. The molecule has 1 saturated carbocycles. The van der Waals surface area contributed by atoms with E-state index in [4.69, 9.17) is 4.74 Å². The lowest BCUT2D eigenvalue weighted by atomic mass is 9.80. The van der Waals surface area contributed by atoms with Gasteiger partial charge in [0.05, 0.1) is 25.5 Å². The zero-order chi connectivity index (χ0) is 19.0. The highest BCUT2D eigenvalue weighted by Gasteiger charge is 2.25. The molecule has 0 aromatic rings. The van der Waals surface area contributed by atoms with Crippen molar-refractivity contribution in [3.05, 3.63) is 0 Å². The molecule has 2 rings (SSSR count). The van der Waals surface area contributed by atoms with Crippen molar-refractivity contribution in [2.45, 2.75) is 52.5 Å². The van der Waals surface area contributed by atoms with Crippen molar-refractivity contribution >= 4 is 16.0 Å². The summed E-state index contributed by atoms with van der Waals surface area (Å²) in [6, 6.07) is 0.429. The minimum atomic E-state index is -3.25. The number of aliphatic imine (C=N–C) groups is 1. The Hall–Kier alpha value is -0.860. The Morgan fingerprint density at radius 3 is 2.42 bits per heavy atom. The SMILES string of the molecule is CCNC(=NCCS(=O)(=O)N1CCOCC1)NC1CCC(C(C)C)CC1. The molecule has 2 aliphatic rings. The third kappa shape index (κ3) is 6.70. The van der Waals surface area contributed by atoms with E-state index in [1.54, 1.807) is 0 Å². The van der Waals surface area contributed by atoms with Gasteiger partial charge in [0.15, 0.2) is 5.96 Å². The monoisotopic (exact) mass is 388 g/mol. The van der Waals surface area contributed by atoms with Crippen LogP contribution in [0.15, 0.2) is 4.99 Å². The van der Waals surface area contributed by atoms with Crippen LogP contribution in [0.4, 0.5) is 0 Å². The molecular weight excluding hydrogens is 352 g/mol. The molecule has 8 heteroatoms. The van der Waals surface area contributed by atoms with Gasteiger partial charge in [0.1, 0.15) is 0 Å². The van der Waals surface area contributed by atoms with E-state index in [1.165, 1.54) is 17.1 Å². The second-order valence-corrected chi connectivity index (χ2v) is 9.68. The van der Waals surface area contributed by atoms with Crippen LogP contribution in [0.1, 0.15) is 46.5 Å². The van der Waals surface area contributed by atoms with Gasteiger partial charge < -0.3 is 15.4 Å². The van der Waals surface area contributed by atoms with Crippen LogP contribution < -0.4 is 10.6 Å². The molecular formula is C18H36N4O3S. The van der Waals surface area contributed by atoms with Gasteiger partial charge >= 0.3 is 0 Å². The minimum absolute atomic E-state index is 0.0453. The van der Waals surface area contributed by atoms with Gasteiger partial charge in [-0.3, -0.25) is 4.99 Å². The fourth-order valence-electron chi connectivity index (χ4n) is 3.67. The summed E-state index contributed by atoms with van der Waals surface area (Å²) in [6.45, 7) is 9.53. The lowest BCUT2D eigenvalue weighted by molar-refractivity contribution is 0.0731. The summed E-state index contributed by atoms with van der Waals surface area (Å²) in [5.41, 5.74) is 0. The van der Waals surface area contributed by atoms with Crippen LogP contribution in [-0.4, -0.2) is 69.9 Å². The van der Waals surface area contributed by atoms with E-state index in [9.17, 15) is 8.42 Å². The second-order valence-electron chi connectivity index (χ2n) is 7.59. The summed E-state index contributed by atoms with van der Waals surface area (Å²) in [7, 11) is -3.25. The van der Waals surface area contributed by atoms with Crippen LogP contribution in [0.5, 0.6) is 0 Å². The normalized spacial score (nSPS) is 26.1. The lowest BCUT2D eigenvalue weighted by Gasteiger charge is -2.32. The predicted molar refractivity (Wildman–Crippen MR) is 106 cm³/mol. The molecule has 1 saturated heterocycles.